The number of imide groups is 1. The third kappa shape index (κ3) is 4.53. The molecule has 2 saturated heterocycles. The van der Waals surface area contributed by atoms with E-state index in [1.165, 1.54) is 21.6 Å². The minimum absolute atomic E-state index is 0.00173. The first-order valence-corrected chi connectivity index (χ1v) is 13.3. The third-order valence-corrected chi connectivity index (χ3v) is 8.28. The summed E-state index contributed by atoms with van der Waals surface area (Å²) in [6, 6.07) is 3.78. The molecule has 0 bridgehead atoms. The predicted molar refractivity (Wildman–Crippen MR) is 139 cm³/mol. The van der Waals surface area contributed by atoms with Crippen LogP contribution < -0.4 is 4.74 Å². The average molecular weight is 579 g/mol. The Morgan fingerprint density at radius 3 is 2.71 bits per heavy atom. The lowest BCUT2D eigenvalue weighted by molar-refractivity contribution is -0.140. The molecule has 0 spiro atoms. The van der Waals surface area contributed by atoms with Crippen LogP contribution in [0.1, 0.15) is 58.4 Å². The summed E-state index contributed by atoms with van der Waals surface area (Å²) in [6.45, 7) is 7.30. The number of phenols is 1. The van der Waals surface area contributed by atoms with E-state index < -0.39 is 0 Å². The highest BCUT2D eigenvalue weighted by Gasteiger charge is 2.56. The molecule has 7 heteroatoms. The molecule has 2 amide bonds. The Morgan fingerprint density at radius 1 is 1.26 bits per heavy atom. The van der Waals surface area contributed by atoms with Gasteiger partial charge in [0.05, 0.1) is 35.2 Å². The van der Waals surface area contributed by atoms with Gasteiger partial charge in [-0.15, -0.1) is 0 Å². The summed E-state index contributed by atoms with van der Waals surface area (Å²) in [6.07, 6.45) is 6.21. The highest BCUT2D eigenvalue weighted by molar-refractivity contribution is 14.1. The molecule has 34 heavy (non-hydrogen) atoms. The fourth-order valence-electron chi connectivity index (χ4n) is 5.87. The number of nitrogens with zero attached hydrogens (tertiary/aromatic N) is 1. The van der Waals surface area contributed by atoms with Crippen molar-refractivity contribution in [2.75, 3.05) is 20.3 Å². The normalized spacial score (nSPS) is 26.9. The molecule has 4 rings (SSSR count). The summed E-state index contributed by atoms with van der Waals surface area (Å²) in [7, 11) is 1.55. The number of halogens is 1. The first kappa shape index (κ1) is 25.2. The van der Waals surface area contributed by atoms with Gasteiger partial charge in [-0.25, -0.2) is 0 Å². The third-order valence-electron chi connectivity index (χ3n) is 7.46. The van der Waals surface area contributed by atoms with Gasteiger partial charge in [0.1, 0.15) is 0 Å². The Hall–Kier alpha value is -1.87. The molecule has 2 aliphatic heterocycles. The van der Waals surface area contributed by atoms with Gasteiger partial charge in [-0.3, -0.25) is 14.5 Å². The maximum Gasteiger partial charge on any atom is 0.233 e. The number of likely N-dealkylation sites (tertiary alicyclic amines) is 1. The van der Waals surface area contributed by atoms with Gasteiger partial charge >= 0.3 is 0 Å². The van der Waals surface area contributed by atoms with E-state index in [0.717, 1.165) is 34.8 Å². The number of rotatable bonds is 8. The Kier molecular flexibility index (Phi) is 7.72. The summed E-state index contributed by atoms with van der Waals surface area (Å²) < 4.78 is 12.3. The van der Waals surface area contributed by atoms with Crippen LogP contribution in [-0.4, -0.2) is 48.2 Å². The number of phenolic OH excluding ortho intramolecular Hbond substituents is 1. The molecule has 1 aliphatic carbocycles. The lowest BCUT2D eigenvalue weighted by Gasteiger charge is -2.31. The van der Waals surface area contributed by atoms with E-state index in [0.29, 0.717) is 25.3 Å². The van der Waals surface area contributed by atoms with E-state index >= 15 is 0 Å². The zero-order chi connectivity index (χ0) is 24.6. The van der Waals surface area contributed by atoms with Crippen LogP contribution in [0.2, 0.25) is 0 Å². The van der Waals surface area contributed by atoms with Crippen LogP contribution in [0.15, 0.2) is 28.9 Å². The number of allylic oxidation sites excluding steroid dienone is 2. The van der Waals surface area contributed by atoms with Crippen molar-refractivity contribution in [3.05, 3.63) is 38.0 Å². The van der Waals surface area contributed by atoms with Gasteiger partial charge in [0.15, 0.2) is 11.5 Å². The number of benzene rings is 1. The van der Waals surface area contributed by atoms with E-state index in [-0.39, 0.29) is 41.4 Å². The highest BCUT2D eigenvalue weighted by Crippen LogP contribution is 2.50. The SMILES string of the molecule is CCCN1C(=O)[C@@H]2[C@@H](CC(CC)=C3[C@@H](CC/C(C)=C/c4cc(I)c(O)c(OC)c4)OC[C@@H]32)C1=O. The molecule has 3 aliphatic rings. The summed E-state index contributed by atoms with van der Waals surface area (Å²) in [5, 5.41) is 10.1. The number of carbonyl (C=O) groups excluding carboxylic acids is 2. The fraction of sp³-hybridized carbons (Fsp3) is 0.556. The second-order valence-electron chi connectivity index (χ2n) is 9.59. The topological polar surface area (TPSA) is 76.1 Å². The van der Waals surface area contributed by atoms with Crippen molar-refractivity contribution in [1.82, 2.24) is 4.90 Å². The van der Waals surface area contributed by atoms with Crippen LogP contribution in [0.25, 0.3) is 6.08 Å². The van der Waals surface area contributed by atoms with Gasteiger partial charge < -0.3 is 14.6 Å². The Morgan fingerprint density at radius 2 is 2.03 bits per heavy atom. The largest absolute Gasteiger partial charge is 0.504 e. The van der Waals surface area contributed by atoms with Crippen LogP contribution in [0.5, 0.6) is 11.5 Å². The standard InChI is InChI=1S/C27H34INO5/c1-5-9-29-26(31)18-13-17(6-2)23-19(24(18)27(29)32)14-34-21(23)8-7-15(3)10-16-11-20(28)25(30)22(12-16)33-4/h10-12,18-19,21,24,30H,5-9,13-14H2,1-4H3/b15-10+/t18-,19+,21-,24-/m1/s1. The molecule has 4 atom stereocenters. The molecule has 1 aromatic rings. The number of aromatic hydroxyl groups is 1. The van der Waals surface area contributed by atoms with Crippen LogP contribution in [-0.2, 0) is 14.3 Å². The first-order chi connectivity index (χ1) is 16.3. The Bertz CT molecular complexity index is 1050. The quantitative estimate of drug-likeness (QED) is 0.256. The van der Waals surface area contributed by atoms with Gasteiger partial charge in [-0.05, 0) is 84.9 Å². The highest BCUT2D eigenvalue weighted by atomic mass is 127. The van der Waals surface area contributed by atoms with Crippen molar-refractivity contribution in [2.45, 2.75) is 59.0 Å². The number of methoxy groups -OCH3 is 1. The van der Waals surface area contributed by atoms with Crippen molar-refractivity contribution < 1.29 is 24.2 Å². The number of carbonyl (C=O) groups is 2. The lowest BCUT2D eigenvalue weighted by atomic mass is 9.69. The number of hydrogen-bond donors (Lipinski definition) is 1. The van der Waals surface area contributed by atoms with Gasteiger partial charge in [0.25, 0.3) is 0 Å². The number of amides is 2. The van der Waals surface area contributed by atoms with Gasteiger partial charge in [-0.1, -0.05) is 31.1 Å². The molecular weight excluding hydrogens is 545 g/mol. The van der Waals surface area contributed by atoms with Crippen molar-refractivity contribution in [2.24, 2.45) is 17.8 Å². The predicted octanol–water partition coefficient (Wildman–Crippen LogP) is 5.33. The van der Waals surface area contributed by atoms with Crippen LogP contribution in [0, 0.1) is 21.3 Å². The molecule has 0 saturated carbocycles. The molecule has 1 N–H and O–H groups in total. The number of hydrogen-bond acceptors (Lipinski definition) is 5. The molecule has 6 nitrogen and oxygen atoms in total. The molecule has 0 unspecified atom stereocenters. The van der Waals surface area contributed by atoms with Crippen molar-refractivity contribution >= 4 is 40.5 Å². The lowest BCUT2D eigenvalue weighted by Crippen LogP contribution is -2.34. The summed E-state index contributed by atoms with van der Waals surface area (Å²) in [5.74, 6) is 0.222. The van der Waals surface area contributed by atoms with Crippen molar-refractivity contribution in [3.63, 3.8) is 0 Å². The number of ether oxygens (including phenoxy) is 2. The maximum absolute atomic E-state index is 13.1. The second-order valence-corrected chi connectivity index (χ2v) is 10.8. The van der Waals surface area contributed by atoms with Crippen molar-refractivity contribution in [1.29, 1.82) is 0 Å². The molecule has 184 valence electrons. The van der Waals surface area contributed by atoms with E-state index in [4.69, 9.17) is 9.47 Å². The second kappa shape index (κ2) is 10.4. The van der Waals surface area contributed by atoms with E-state index in [1.807, 2.05) is 19.1 Å². The first-order valence-electron chi connectivity index (χ1n) is 12.2. The molecule has 1 aromatic carbocycles. The molecular formula is C27H34INO5. The van der Waals surface area contributed by atoms with Crippen LogP contribution in [0.3, 0.4) is 0 Å². The summed E-state index contributed by atoms with van der Waals surface area (Å²) in [5.41, 5.74) is 4.80. The van der Waals surface area contributed by atoms with Crippen molar-refractivity contribution in [3.8, 4) is 11.5 Å². The monoisotopic (exact) mass is 579 g/mol. The Labute approximate surface area is 215 Å². The minimum atomic E-state index is -0.252. The maximum atomic E-state index is 13.1. The Balaban J connectivity index is 1.50. The van der Waals surface area contributed by atoms with E-state index in [1.54, 1.807) is 7.11 Å². The summed E-state index contributed by atoms with van der Waals surface area (Å²) in [4.78, 5) is 27.6. The van der Waals surface area contributed by atoms with Gasteiger partial charge in [0, 0.05) is 12.5 Å². The molecule has 0 radical (unpaired) electrons. The summed E-state index contributed by atoms with van der Waals surface area (Å²) >= 11 is 2.11. The molecule has 2 heterocycles. The molecule has 2 fully saturated rings. The van der Waals surface area contributed by atoms with Crippen LogP contribution in [0.4, 0.5) is 0 Å². The van der Waals surface area contributed by atoms with Gasteiger partial charge in [-0.2, -0.15) is 0 Å². The zero-order valence-corrected chi connectivity index (χ0v) is 22.6. The number of fused-ring (bicyclic) bond motifs is 3. The average Bonchev–Trinajstić information content (AvgIpc) is 3.34. The zero-order valence-electron chi connectivity index (χ0n) is 20.4. The minimum Gasteiger partial charge on any atom is -0.504 e. The molecule has 0 aromatic heterocycles. The smallest absolute Gasteiger partial charge is 0.233 e. The fourth-order valence-corrected chi connectivity index (χ4v) is 6.49. The van der Waals surface area contributed by atoms with Gasteiger partial charge in [0.2, 0.25) is 11.8 Å². The van der Waals surface area contributed by atoms with Crippen LogP contribution >= 0.6 is 22.6 Å². The van der Waals surface area contributed by atoms with E-state index in [2.05, 4.69) is 42.5 Å². The van der Waals surface area contributed by atoms with E-state index in [9.17, 15) is 14.7 Å².